The fourth-order valence-electron chi connectivity index (χ4n) is 4.04. The summed E-state index contributed by atoms with van der Waals surface area (Å²) in [6, 6.07) is 10.5. The predicted octanol–water partition coefficient (Wildman–Crippen LogP) is 3.89. The topological polar surface area (TPSA) is 79.1 Å². The lowest BCUT2D eigenvalue weighted by Gasteiger charge is -2.25. The average molecular weight is 557 g/mol. The van der Waals surface area contributed by atoms with Gasteiger partial charge in [0, 0.05) is 0 Å². The Labute approximate surface area is 215 Å². The number of aryl methyl sites for hydroxylation is 1. The number of thiazole rings is 1. The van der Waals surface area contributed by atoms with Crippen LogP contribution in [0.5, 0.6) is 11.5 Å². The maximum Gasteiger partial charge on any atom is 0.338 e. The first kappa shape index (κ1) is 24.9. The number of carbonyl (C=O) groups is 1. The smallest absolute Gasteiger partial charge is 0.338 e. The molecule has 2 heterocycles. The molecule has 0 unspecified atom stereocenters. The van der Waals surface area contributed by atoms with Crippen molar-refractivity contribution < 1.29 is 19.0 Å². The van der Waals surface area contributed by atoms with Crippen LogP contribution in [-0.2, 0) is 9.53 Å². The van der Waals surface area contributed by atoms with Crippen LogP contribution in [0.2, 0.25) is 0 Å². The van der Waals surface area contributed by atoms with E-state index in [9.17, 15) is 9.59 Å². The number of carbonyl (C=O) groups excluding carboxylic acids is 1. The number of halogens is 1. The molecule has 1 aliphatic heterocycles. The number of rotatable bonds is 6. The summed E-state index contributed by atoms with van der Waals surface area (Å²) in [5.41, 5.74) is 3.26. The number of aromatic nitrogens is 1. The SMILES string of the molecule is CCOC(=O)C1=C(C)N=c2s/c(=C/c3ccc(OC)cc3C)c(=O)n2[C@H]1c1ccc(OC)c(Br)c1. The number of hydrogen-bond donors (Lipinski definition) is 0. The summed E-state index contributed by atoms with van der Waals surface area (Å²) >= 11 is 4.81. The van der Waals surface area contributed by atoms with E-state index < -0.39 is 12.0 Å². The van der Waals surface area contributed by atoms with E-state index in [1.165, 1.54) is 11.3 Å². The summed E-state index contributed by atoms with van der Waals surface area (Å²) in [7, 11) is 3.20. The Bertz CT molecular complexity index is 1520. The quantitative estimate of drug-likeness (QED) is 0.430. The van der Waals surface area contributed by atoms with Gasteiger partial charge in [-0.05, 0) is 83.7 Å². The van der Waals surface area contributed by atoms with Gasteiger partial charge in [0.25, 0.3) is 5.56 Å². The second-order valence-electron chi connectivity index (χ2n) is 7.92. The summed E-state index contributed by atoms with van der Waals surface area (Å²) in [6.45, 7) is 5.70. The third-order valence-corrected chi connectivity index (χ3v) is 7.37. The average Bonchev–Trinajstić information content (AvgIpc) is 3.13. The van der Waals surface area contributed by atoms with E-state index in [4.69, 9.17) is 14.2 Å². The van der Waals surface area contributed by atoms with Crippen LogP contribution in [0.3, 0.4) is 0 Å². The molecule has 182 valence electrons. The van der Waals surface area contributed by atoms with Crippen LogP contribution in [0, 0.1) is 6.92 Å². The number of fused-ring (bicyclic) bond motifs is 1. The van der Waals surface area contributed by atoms with Crippen LogP contribution in [0.15, 0.2) is 61.9 Å². The molecular formula is C26H25BrN2O5S. The lowest BCUT2D eigenvalue weighted by atomic mass is 9.96. The van der Waals surface area contributed by atoms with Crippen molar-refractivity contribution in [3.63, 3.8) is 0 Å². The van der Waals surface area contributed by atoms with E-state index in [1.54, 1.807) is 38.7 Å². The highest BCUT2D eigenvalue weighted by Crippen LogP contribution is 2.35. The largest absolute Gasteiger partial charge is 0.497 e. The molecule has 0 saturated carbocycles. The fourth-order valence-corrected chi connectivity index (χ4v) is 5.63. The zero-order valence-electron chi connectivity index (χ0n) is 20.0. The first-order valence-electron chi connectivity index (χ1n) is 11.0. The highest BCUT2D eigenvalue weighted by molar-refractivity contribution is 9.10. The highest BCUT2D eigenvalue weighted by Gasteiger charge is 2.33. The minimum absolute atomic E-state index is 0.218. The van der Waals surface area contributed by atoms with Gasteiger partial charge in [-0.15, -0.1) is 0 Å². The van der Waals surface area contributed by atoms with Gasteiger partial charge < -0.3 is 14.2 Å². The van der Waals surface area contributed by atoms with E-state index in [2.05, 4.69) is 20.9 Å². The maximum absolute atomic E-state index is 13.7. The Morgan fingerprint density at radius 1 is 1.17 bits per heavy atom. The van der Waals surface area contributed by atoms with Crippen LogP contribution in [0.1, 0.15) is 36.6 Å². The standard InChI is InChI=1S/C26H25BrN2O5S/c1-6-34-25(31)22-15(3)28-26-29(23(22)17-8-10-20(33-5)19(27)12-17)24(30)21(35-26)13-16-7-9-18(32-4)11-14(16)2/h7-13,23H,6H2,1-5H3/b21-13+/t23-/m0/s1. The van der Waals surface area contributed by atoms with Crippen LogP contribution in [0.25, 0.3) is 6.08 Å². The zero-order chi connectivity index (χ0) is 25.3. The molecule has 0 aliphatic carbocycles. The number of esters is 1. The molecule has 1 aliphatic rings. The summed E-state index contributed by atoms with van der Waals surface area (Å²) in [6.07, 6.45) is 1.85. The van der Waals surface area contributed by atoms with E-state index in [0.29, 0.717) is 30.8 Å². The third kappa shape index (κ3) is 4.70. The van der Waals surface area contributed by atoms with Gasteiger partial charge in [-0.1, -0.05) is 23.5 Å². The van der Waals surface area contributed by atoms with Crippen molar-refractivity contribution in [1.29, 1.82) is 0 Å². The molecule has 9 heteroatoms. The Hall–Kier alpha value is -3.17. The van der Waals surface area contributed by atoms with E-state index in [0.717, 1.165) is 22.4 Å². The molecule has 1 atom stereocenters. The number of nitrogens with zero attached hydrogens (tertiary/aromatic N) is 2. The normalized spacial score (nSPS) is 15.5. The molecule has 35 heavy (non-hydrogen) atoms. The van der Waals surface area contributed by atoms with Crippen molar-refractivity contribution in [2.45, 2.75) is 26.8 Å². The molecule has 3 aromatic rings. The molecule has 0 radical (unpaired) electrons. The van der Waals surface area contributed by atoms with Crippen LogP contribution < -0.4 is 24.4 Å². The molecule has 0 spiro atoms. The van der Waals surface area contributed by atoms with Gasteiger partial charge in [-0.2, -0.15) is 0 Å². The number of ether oxygens (including phenoxy) is 3. The molecular weight excluding hydrogens is 532 g/mol. The van der Waals surface area contributed by atoms with Crippen molar-refractivity contribution in [1.82, 2.24) is 4.57 Å². The monoisotopic (exact) mass is 556 g/mol. The van der Waals surface area contributed by atoms with E-state index in [1.807, 2.05) is 43.3 Å². The van der Waals surface area contributed by atoms with Crippen LogP contribution in [0.4, 0.5) is 0 Å². The molecule has 0 amide bonds. The van der Waals surface area contributed by atoms with E-state index >= 15 is 0 Å². The Morgan fingerprint density at radius 3 is 2.57 bits per heavy atom. The Morgan fingerprint density at radius 2 is 1.94 bits per heavy atom. The van der Waals surface area contributed by atoms with Crippen molar-refractivity contribution in [2.24, 2.45) is 4.99 Å². The molecule has 0 N–H and O–H groups in total. The van der Waals surface area contributed by atoms with Gasteiger partial charge in [-0.3, -0.25) is 9.36 Å². The maximum atomic E-state index is 13.7. The molecule has 2 aromatic carbocycles. The fraction of sp³-hybridized carbons (Fsp3) is 0.269. The molecule has 0 fully saturated rings. The van der Waals surface area contributed by atoms with Crippen LogP contribution in [-0.4, -0.2) is 31.4 Å². The van der Waals surface area contributed by atoms with Gasteiger partial charge in [0.15, 0.2) is 4.80 Å². The zero-order valence-corrected chi connectivity index (χ0v) is 22.5. The molecule has 7 nitrogen and oxygen atoms in total. The number of methoxy groups -OCH3 is 2. The van der Waals surface area contributed by atoms with Crippen molar-refractivity contribution >= 4 is 39.3 Å². The van der Waals surface area contributed by atoms with Gasteiger partial charge in [-0.25, -0.2) is 9.79 Å². The Kier molecular flexibility index (Phi) is 7.28. The van der Waals surface area contributed by atoms with Gasteiger partial charge >= 0.3 is 5.97 Å². The molecule has 1 aromatic heterocycles. The second-order valence-corrected chi connectivity index (χ2v) is 9.78. The number of allylic oxidation sites excluding steroid dienone is 1. The first-order chi connectivity index (χ1) is 16.8. The van der Waals surface area contributed by atoms with Crippen molar-refractivity contribution in [3.05, 3.63) is 88.5 Å². The minimum atomic E-state index is -0.688. The van der Waals surface area contributed by atoms with Crippen molar-refractivity contribution in [3.8, 4) is 11.5 Å². The lowest BCUT2D eigenvalue weighted by molar-refractivity contribution is -0.139. The van der Waals surface area contributed by atoms with E-state index in [-0.39, 0.29) is 12.2 Å². The number of benzene rings is 2. The highest BCUT2D eigenvalue weighted by atomic mass is 79.9. The summed E-state index contributed by atoms with van der Waals surface area (Å²) in [5, 5.41) is 0. The van der Waals surface area contributed by atoms with Gasteiger partial charge in [0.1, 0.15) is 11.5 Å². The lowest BCUT2D eigenvalue weighted by Crippen LogP contribution is -2.40. The first-order valence-corrected chi connectivity index (χ1v) is 12.6. The molecule has 0 bridgehead atoms. The number of hydrogen-bond acceptors (Lipinski definition) is 7. The molecule has 0 saturated heterocycles. The summed E-state index contributed by atoms with van der Waals surface area (Å²) < 4.78 is 18.8. The van der Waals surface area contributed by atoms with Crippen molar-refractivity contribution in [2.75, 3.05) is 20.8 Å². The summed E-state index contributed by atoms with van der Waals surface area (Å²) in [4.78, 5) is 31.9. The van der Waals surface area contributed by atoms with Gasteiger partial charge in [0.2, 0.25) is 0 Å². The molecule has 4 rings (SSSR count). The second kappa shape index (κ2) is 10.2. The minimum Gasteiger partial charge on any atom is -0.497 e. The summed E-state index contributed by atoms with van der Waals surface area (Å²) in [5.74, 6) is 0.904. The Balaban J connectivity index is 1.95. The third-order valence-electron chi connectivity index (χ3n) is 5.77. The van der Waals surface area contributed by atoms with Crippen LogP contribution >= 0.6 is 27.3 Å². The van der Waals surface area contributed by atoms with Gasteiger partial charge in [0.05, 0.1) is 47.1 Å². The predicted molar refractivity (Wildman–Crippen MR) is 139 cm³/mol.